The normalized spacial score (nSPS) is 17.1. The Morgan fingerprint density at radius 1 is 1.27 bits per heavy atom. The molecule has 1 aliphatic rings. The van der Waals surface area contributed by atoms with Gasteiger partial charge in [-0.05, 0) is 18.6 Å². The number of rotatable bonds is 5. The van der Waals surface area contributed by atoms with Gasteiger partial charge in [-0.2, -0.15) is 13.2 Å². The van der Waals surface area contributed by atoms with Crippen molar-refractivity contribution in [3.8, 4) is 0 Å². The van der Waals surface area contributed by atoms with Gasteiger partial charge >= 0.3 is 12.2 Å². The van der Waals surface area contributed by atoms with E-state index in [2.05, 4.69) is 10.6 Å². The molecular weight excluding hydrogens is 349 g/mol. The van der Waals surface area contributed by atoms with Crippen molar-refractivity contribution < 1.29 is 22.8 Å². The van der Waals surface area contributed by atoms with Crippen LogP contribution in [0.3, 0.4) is 0 Å². The van der Waals surface area contributed by atoms with E-state index < -0.39 is 17.8 Å². The molecule has 26 heavy (non-hydrogen) atoms. The molecule has 1 aromatic rings. The number of carbonyl (C=O) groups is 2. The van der Waals surface area contributed by atoms with Crippen LogP contribution in [0, 0.1) is 0 Å². The number of amides is 3. The smallest absolute Gasteiger partial charge is 0.369 e. The molecule has 6 nitrogen and oxygen atoms in total. The molecule has 1 saturated heterocycles. The summed E-state index contributed by atoms with van der Waals surface area (Å²) in [7, 11) is 3.27. The minimum atomic E-state index is -4.42. The van der Waals surface area contributed by atoms with Crippen LogP contribution < -0.4 is 15.5 Å². The van der Waals surface area contributed by atoms with Gasteiger partial charge in [-0.15, -0.1) is 0 Å². The predicted molar refractivity (Wildman–Crippen MR) is 91.9 cm³/mol. The minimum Gasteiger partial charge on any atom is -0.369 e. The highest BCUT2D eigenvalue weighted by molar-refractivity contribution is 5.78. The van der Waals surface area contributed by atoms with Gasteiger partial charge in [0, 0.05) is 51.9 Å². The Labute approximate surface area is 150 Å². The Morgan fingerprint density at radius 3 is 2.62 bits per heavy atom. The summed E-state index contributed by atoms with van der Waals surface area (Å²) < 4.78 is 39.4. The molecule has 0 bridgehead atoms. The quantitative estimate of drug-likeness (QED) is 0.832. The highest BCUT2D eigenvalue weighted by Gasteiger charge is 2.36. The van der Waals surface area contributed by atoms with Crippen LogP contribution in [0.25, 0.3) is 0 Å². The first-order valence-electron chi connectivity index (χ1n) is 8.34. The lowest BCUT2D eigenvalue weighted by molar-refractivity contribution is -0.137. The fourth-order valence-corrected chi connectivity index (χ4v) is 2.83. The molecule has 0 radical (unpaired) electrons. The molecule has 2 rings (SSSR count). The van der Waals surface area contributed by atoms with E-state index in [-0.39, 0.29) is 30.6 Å². The maximum atomic E-state index is 13.1. The van der Waals surface area contributed by atoms with E-state index in [1.807, 2.05) is 0 Å². The van der Waals surface area contributed by atoms with Crippen LogP contribution in [0.4, 0.5) is 23.7 Å². The molecule has 144 valence electrons. The molecule has 1 fully saturated rings. The maximum Gasteiger partial charge on any atom is 0.418 e. The minimum absolute atomic E-state index is 0.0962. The van der Waals surface area contributed by atoms with Crippen molar-refractivity contribution in [1.29, 1.82) is 0 Å². The van der Waals surface area contributed by atoms with Gasteiger partial charge in [0.15, 0.2) is 0 Å². The molecular formula is C17H23F3N4O2. The van der Waals surface area contributed by atoms with Crippen LogP contribution in [0.2, 0.25) is 0 Å². The monoisotopic (exact) mass is 372 g/mol. The average molecular weight is 372 g/mol. The number of urea groups is 1. The highest BCUT2D eigenvalue weighted by Crippen LogP contribution is 2.37. The Kier molecular flexibility index (Phi) is 6.33. The Bertz CT molecular complexity index is 649. The standard InChI is InChI=1S/C17H23F3N4O2/c1-23(2)15(25)7-9-21-16(26)22-12-8-10-24(11-12)14-6-4-3-5-13(14)17(18,19)20/h3-6,12H,7-11H2,1-2H3,(H2,21,22,26). The zero-order valence-corrected chi connectivity index (χ0v) is 14.8. The summed E-state index contributed by atoms with van der Waals surface area (Å²) in [5.74, 6) is -0.0962. The van der Waals surface area contributed by atoms with Crippen LogP contribution in [0.15, 0.2) is 24.3 Å². The highest BCUT2D eigenvalue weighted by atomic mass is 19.4. The largest absolute Gasteiger partial charge is 0.418 e. The summed E-state index contributed by atoms with van der Waals surface area (Å²) in [6, 6.07) is 4.76. The van der Waals surface area contributed by atoms with Gasteiger partial charge in [0.1, 0.15) is 0 Å². The number of anilines is 1. The molecule has 1 heterocycles. The first-order valence-corrected chi connectivity index (χ1v) is 8.34. The number of alkyl halides is 3. The van der Waals surface area contributed by atoms with Gasteiger partial charge in [-0.1, -0.05) is 12.1 Å². The fraction of sp³-hybridized carbons (Fsp3) is 0.529. The van der Waals surface area contributed by atoms with E-state index >= 15 is 0 Å². The summed E-state index contributed by atoms with van der Waals surface area (Å²) in [6.07, 6.45) is -3.68. The predicted octanol–water partition coefficient (Wildman–Crippen LogP) is 2.06. The average Bonchev–Trinajstić information content (AvgIpc) is 3.02. The summed E-state index contributed by atoms with van der Waals surface area (Å²) in [4.78, 5) is 26.4. The van der Waals surface area contributed by atoms with Gasteiger partial charge in [0.05, 0.1) is 5.56 Å². The van der Waals surface area contributed by atoms with E-state index in [1.165, 1.54) is 17.0 Å². The van der Waals surface area contributed by atoms with Gasteiger partial charge in [0.2, 0.25) is 5.91 Å². The first-order chi connectivity index (χ1) is 12.2. The second-order valence-electron chi connectivity index (χ2n) is 6.38. The number of carbonyl (C=O) groups excluding carboxylic acids is 2. The van der Waals surface area contributed by atoms with Crippen molar-refractivity contribution in [3.63, 3.8) is 0 Å². The topological polar surface area (TPSA) is 64.7 Å². The Balaban J connectivity index is 1.86. The summed E-state index contributed by atoms with van der Waals surface area (Å²) in [6.45, 7) is 0.935. The van der Waals surface area contributed by atoms with E-state index in [4.69, 9.17) is 0 Å². The molecule has 0 aliphatic carbocycles. The SMILES string of the molecule is CN(C)C(=O)CCNC(=O)NC1CCN(c2ccccc2C(F)(F)F)C1. The number of nitrogens with one attached hydrogen (secondary N) is 2. The number of nitrogens with zero attached hydrogens (tertiary/aromatic N) is 2. The van der Waals surface area contributed by atoms with Crippen molar-refractivity contribution in [3.05, 3.63) is 29.8 Å². The van der Waals surface area contributed by atoms with Gasteiger partial charge < -0.3 is 20.4 Å². The van der Waals surface area contributed by atoms with Crippen LogP contribution in [-0.4, -0.2) is 56.6 Å². The molecule has 1 unspecified atom stereocenters. The summed E-state index contributed by atoms with van der Waals surface area (Å²) in [5.41, 5.74) is -0.548. The number of hydrogen-bond donors (Lipinski definition) is 2. The molecule has 0 spiro atoms. The van der Waals surface area contributed by atoms with Crippen LogP contribution >= 0.6 is 0 Å². The second-order valence-corrected chi connectivity index (χ2v) is 6.38. The lowest BCUT2D eigenvalue weighted by Gasteiger charge is -2.23. The number of benzene rings is 1. The zero-order valence-electron chi connectivity index (χ0n) is 14.8. The van der Waals surface area contributed by atoms with E-state index in [0.29, 0.717) is 19.5 Å². The molecule has 0 aromatic heterocycles. The van der Waals surface area contributed by atoms with Gasteiger partial charge in [0.25, 0.3) is 0 Å². The third-order valence-electron chi connectivity index (χ3n) is 4.20. The lowest BCUT2D eigenvalue weighted by atomic mass is 10.1. The van der Waals surface area contributed by atoms with E-state index in [0.717, 1.165) is 6.07 Å². The summed E-state index contributed by atoms with van der Waals surface area (Å²) in [5, 5.41) is 5.33. The molecule has 9 heteroatoms. The second kappa shape index (κ2) is 8.29. The zero-order chi connectivity index (χ0) is 19.3. The van der Waals surface area contributed by atoms with Crippen LogP contribution in [0.5, 0.6) is 0 Å². The Hall–Kier alpha value is -2.45. The number of halogens is 3. The molecule has 1 aliphatic heterocycles. The lowest BCUT2D eigenvalue weighted by Crippen LogP contribution is -2.44. The molecule has 1 atom stereocenters. The van der Waals surface area contributed by atoms with E-state index in [9.17, 15) is 22.8 Å². The molecule has 1 aromatic carbocycles. The Morgan fingerprint density at radius 2 is 1.96 bits per heavy atom. The third kappa shape index (κ3) is 5.27. The van der Waals surface area contributed by atoms with Gasteiger partial charge in [-0.25, -0.2) is 4.79 Å². The molecule has 3 amide bonds. The van der Waals surface area contributed by atoms with E-state index in [1.54, 1.807) is 25.1 Å². The first kappa shape index (κ1) is 19.9. The van der Waals surface area contributed by atoms with Gasteiger partial charge in [-0.3, -0.25) is 4.79 Å². The number of para-hydroxylation sites is 1. The fourth-order valence-electron chi connectivity index (χ4n) is 2.83. The van der Waals surface area contributed by atoms with Crippen molar-refractivity contribution in [2.45, 2.75) is 25.1 Å². The van der Waals surface area contributed by atoms with Crippen molar-refractivity contribution in [2.24, 2.45) is 0 Å². The maximum absolute atomic E-state index is 13.1. The summed E-state index contributed by atoms with van der Waals surface area (Å²) >= 11 is 0. The third-order valence-corrected chi connectivity index (χ3v) is 4.20. The van der Waals surface area contributed by atoms with Crippen molar-refractivity contribution >= 4 is 17.6 Å². The van der Waals surface area contributed by atoms with Crippen LogP contribution in [0.1, 0.15) is 18.4 Å². The molecule has 2 N–H and O–H groups in total. The molecule has 0 saturated carbocycles. The van der Waals surface area contributed by atoms with Crippen molar-refractivity contribution in [2.75, 3.05) is 38.6 Å². The number of hydrogen-bond acceptors (Lipinski definition) is 3. The van der Waals surface area contributed by atoms with Crippen LogP contribution in [-0.2, 0) is 11.0 Å². The van der Waals surface area contributed by atoms with Crippen molar-refractivity contribution in [1.82, 2.24) is 15.5 Å².